The monoisotopic (exact) mass is 556 g/mol. The number of aliphatic hydroxyl groups excluding tert-OH is 2. The van der Waals surface area contributed by atoms with Gasteiger partial charge >= 0.3 is 5.97 Å². The largest absolute Gasteiger partial charge is 0.505 e. The van der Waals surface area contributed by atoms with Crippen LogP contribution in [0, 0.1) is 39.4 Å². The van der Waals surface area contributed by atoms with E-state index in [2.05, 4.69) is 0 Å². The van der Waals surface area contributed by atoms with E-state index in [9.17, 15) is 34.5 Å². The van der Waals surface area contributed by atoms with Crippen LogP contribution in [0.1, 0.15) is 81.6 Å². The third-order valence-electron chi connectivity index (χ3n) is 11.2. The minimum Gasteiger partial charge on any atom is -0.505 e. The van der Waals surface area contributed by atoms with Gasteiger partial charge in [0.2, 0.25) is 5.78 Å². The molecule has 0 heterocycles. The molecule has 3 N–H and O–H groups in total. The molecule has 8 nitrogen and oxygen atoms in total. The predicted octanol–water partition coefficient (Wildman–Crippen LogP) is 4.19. The number of fused-ring (bicyclic) bond motifs is 5. The molecule has 2 saturated carbocycles. The number of hydrogen-bond acceptors (Lipinski definition) is 8. The molecule has 0 aliphatic heterocycles. The van der Waals surface area contributed by atoms with Crippen molar-refractivity contribution < 1.29 is 39.2 Å². The van der Waals surface area contributed by atoms with Gasteiger partial charge in [0.1, 0.15) is 17.0 Å². The molecule has 4 aliphatic rings. The molecular formula is C32H44O8. The van der Waals surface area contributed by atoms with Crippen molar-refractivity contribution in [2.75, 3.05) is 0 Å². The second-order valence-electron chi connectivity index (χ2n) is 14.4. The summed E-state index contributed by atoms with van der Waals surface area (Å²) in [7, 11) is 0. The summed E-state index contributed by atoms with van der Waals surface area (Å²) in [5, 5.41) is 33.8. The normalized spacial score (nSPS) is 40.4. The van der Waals surface area contributed by atoms with E-state index in [1.807, 2.05) is 26.8 Å². The first kappa shape index (κ1) is 30.4. The summed E-state index contributed by atoms with van der Waals surface area (Å²) in [6.45, 7) is 15.3. The molecule has 8 heteroatoms. The van der Waals surface area contributed by atoms with Gasteiger partial charge in [0.15, 0.2) is 11.5 Å². The van der Waals surface area contributed by atoms with Crippen LogP contribution < -0.4 is 0 Å². The zero-order valence-electron chi connectivity index (χ0n) is 25.1. The van der Waals surface area contributed by atoms with Crippen LogP contribution in [0.3, 0.4) is 0 Å². The fourth-order valence-electron chi connectivity index (χ4n) is 8.98. The molecule has 0 aromatic rings. The Morgan fingerprint density at radius 2 is 1.68 bits per heavy atom. The molecule has 4 rings (SSSR count). The fraction of sp³-hybridized carbons (Fsp3) is 0.688. The van der Waals surface area contributed by atoms with Gasteiger partial charge in [0.05, 0.1) is 11.5 Å². The number of ketones is 3. The molecule has 0 aromatic heterocycles. The van der Waals surface area contributed by atoms with Crippen LogP contribution in [0.2, 0.25) is 0 Å². The van der Waals surface area contributed by atoms with Gasteiger partial charge < -0.3 is 20.1 Å². The molecule has 220 valence electrons. The highest BCUT2D eigenvalue weighted by molar-refractivity contribution is 6.02. The van der Waals surface area contributed by atoms with Crippen molar-refractivity contribution in [3.8, 4) is 0 Å². The zero-order valence-corrected chi connectivity index (χ0v) is 25.1. The Morgan fingerprint density at radius 1 is 1.07 bits per heavy atom. The van der Waals surface area contributed by atoms with E-state index >= 15 is 0 Å². The van der Waals surface area contributed by atoms with Gasteiger partial charge in [-0.1, -0.05) is 32.4 Å². The number of ether oxygens (including phenoxy) is 1. The summed E-state index contributed by atoms with van der Waals surface area (Å²) in [4.78, 5) is 52.0. The van der Waals surface area contributed by atoms with Gasteiger partial charge in [0.25, 0.3) is 0 Å². The number of aliphatic hydroxyl groups is 3. The second-order valence-corrected chi connectivity index (χ2v) is 14.4. The molecule has 0 amide bonds. The lowest BCUT2D eigenvalue weighted by Gasteiger charge is -2.63. The Balaban J connectivity index is 1.76. The molecule has 40 heavy (non-hydrogen) atoms. The maximum Gasteiger partial charge on any atom is 0.303 e. The van der Waals surface area contributed by atoms with Crippen molar-refractivity contribution in [1.29, 1.82) is 0 Å². The molecule has 0 saturated heterocycles. The average Bonchev–Trinajstić information content (AvgIpc) is 3.01. The Kier molecular flexibility index (Phi) is 6.80. The first-order chi connectivity index (χ1) is 18.1. The van der Waals surface area contributed by atoms with Crippen LogP contribution in [0.4, 0.5) is 0 Å². The van der Waals surface area contributed by atoms with Crippen LogP contribution in [0.25, 0.3) is 0 Å². The summed E-state index contributed by atoms with van der Waals surface area (Å²) in [6, 6.07) is 0. The first-order valence-corrected chi connectivity index (χ1v) is 14.1. The van der Waals surface area contributed by atoms with Gasteiger partial charge in [-0.05, 0) is 82.4 Å². The molecule has 0 aromatic carbocycles. The minimum absolute atomic E-state index is 0.0249. The number of carbonyl (C=O) groups excluding carboxylic acids is 4. The molecule has 2 fully saturated rings. The molecule has 0 radical (unpaired) electrons. The number of rotatable bonds is 5. The Bertz CT molecular complexity index is 1270. The van der Waals surface area contributed by atoms with Crippen molar-refractivity contribution in [1.82, 2.24) is 0 Å². The van der Waals surface area contributed by atoms with E-state index in [1.54, 1.807) is 27.7 Å². The highest BCUT2D eigenvalue weighted by Crippen LogP contribution is 2.73. The van der Waals surface area contributed by atoms with Gasteiger partial charge in [-0.3, -0.25) is 19.2 Å². The van der Waals surface area contributed by atoms with Crippen LogP contribution >= 0.6 is 0 Å². The fourth-order valence-corrected chi connectivity index (χ4v) is 8.98. The summed E-state index contributed by atoms with van der Waals surface area (Å²) < 4.78 is 5.22. The number of Topliss-reactive ketones (excluding diaryl/α,β-unsaturated/α-hetero) is 2. The van der Waals surface area contributed by atoms with Gasteiger partial charge in [0, 0.05) is 30.6 Å². The lowest BCUT2D eigenvalue weighted by Crippen LogP contribution is -2.64. The van der Waals surface area contributed by atoms with Crippen molar-refractivity contribution in [3.63, 3.8) is 0 Å². The standard InChI is InChI=1S/C32H44O8/c1-17(33)40-27(2,3)13-12-23(36)32(9,39)25-21(35)15-29(6)22-11-10-18-19(14-20(34)26(38)28(18,4)5)31(22,8)24(37)16-30(25,29)7/h10,12-14,19,21-22,25,34-35,39H,11,15-16H2,1-9H3/b13-12+/t19?,21-,22?,25+,29+,30-,31+,32+/m1/s1. The lowest BCUT2D eigenvalue weighted by molar-refractivity contribution is -0.179. The number of hydrogen-bond donors (Lipinski definition) is 3. The van der Waals surface area contributed by atoms with Crippen molar-refractivity contribution in [3.05, 3.63) is 35.6 Å². The third-order valence-corrected chi connectivity index (χ3v) is 11.2. The molecule has 2 unspecified atom stereocenters. The highest BCUT2D eigenvalue weighted by Gasteiger charge is 2.74. The molecule has 8 atom stereocenters. The summed E-state index contributed by atoms with van der Waals surface area (Å²) in [6.07, 6.45) is 5.89. The van der Waals surface area contributed by atoms with E-state index in [0.29, 0.717) is 6.42 Å². The predicted molar refractivity (Wildman–Crippen MR) is 148 cm³/mol. The number of carbonyl (C=O) groups is 4. The minimum atomic E-state index is -2.00. The Hall–Kier alpha value is -2.58. The van der Waals surface area contributed by atoms with Crippen molar-refractivity contribution in [2.24, 2.45) is 39.4 Å². The summed E-state index contributed by atoms with van der Waals surface area (Å²) >= 11 is 0. The van der Waals surface area contributed by atoms with Crippen molar-refractivity contribution >= 4 is 23.3 Å². The maximum absolute atomic E-state index is 14.3. The average molecular weight is 557 g/mol. The zero-order chi connectivity index (χ0) is 30.4. The van der Waals surface area contributed by atoms with E-state index in [4.69, 9.17) is 4.74 Å². The van der Waals surface area contributed by atoms with Crippen LogP contribution in [0.5, 0.6) is 0 Å². The molecule has 0 spiro atoms. The van der Waals surface area contributed by atoms with E-state index in [1.165, 1.54) is 32.1 Å². The highest BCUT2D eigenvalue weighted by atomic mass is 16.6. The molecular weight excluding hydrogens is 512 g/mol. The molecule has 4 aliphatic carbocycles. The Labute approximate surface area is 236 Å². The first-order valence-electron chi connectivity index (χ1n) is 14.1. The smallest absolute Gasteiger partial charge is 0.303 e. The molecule has 0 bridgehead atoms. The summed E-state index contributed by atoms with van der Waals surface area (Å²) in [5.41, 5.74) is -5.72. The Morgan fingerprint density at radius 3 is 2.25 bits per heavy atom. The van der Waals surface area contributed by atoms with Crippen LogP contribution in [-0.4, -0.2) is 55.9 Å². The second kappa shape index (κ2) is 8.96. The quantitative estimate of drug-likeness (QED) is 0.260. The van der Waals surface area contributed by atoms with Gasteiger partial charge in [-0.15, -0.1) is 0 Å². The van der Waals surface area contributed by atoms with Crippen molar-refractivity contribution in [2.45, 2.75) is 98.9 Å². The SMILES string of the molecule is CC(=O)OC(C)(C)/C=C/C(=O)[C@](C)(O)[C@H]1[C@H](O)C[C@@]2(C)C3CC=C4C(C=C(O)C(=O)C4(C)C)[C@]3(C)C(=O)C[C@]12C. The van der Waals surface area contributed by atoms with Crippen LogP contribution in [0.15, 0.2) is 35.6 Å². The number of esters is 1. The third kappa shape index (κ3) is 4.00. The van der Waals surface area contributed by atoms with E-state index < -0.39 is 62.6 Å². The van der Waals surface area contributed by atoms with E-state index in [0.717, 1.165) is 5.57 Å². The van der Waals surface area contributed by atoms with Gasteiger partial charge in [-0.2, -0.15) is 0 Å². The van der Waals surface area contributed by atoms with Gasteiger partial charge in [-0.25, -0.2) is 0 Å². The maximum atomic E-state index is 14.3. The summed E-state index contributed by atoms with van der Waals surface area (Å²) in [5.74, 6) is -3.61. The topological polar surface area (TPSA) is 138 Å². The van der Waals surface area contributed by atoms with E-state index in [-0.39, 0.29) is 36.1 Å². The van der Waals surface area contributed by atoms with Crippen LogP contribution in [-0.2, 0) is 23.9 Å². The number of allylic oxidation sites excluding steroid dienone is 4. The lowest BCUT2D eigenvalue weighted by atomic mass is 9.39.